The summed E-state index contributed by atoms with van der Waals surface area (Å²) in [7, 11) is 0. The van der Waals surface area contributed by atoms with Crippen molar-refractivity contribution in [3.05, 3.63) is 52.9 Å². The van der Waals surface area contributed by atoms with Crippen molar-refractivity contribution in [2.75, 3.05) is 0 Å². The fourth-order valence-electron chi connectivity index (χ4n) is 1.66. The van der Waals surface area contributed by atoms with E-state index in [9.17, 15) is 18.4 Å². The number of Topliss-reactive ketones (excluding diaryl/α,β-unsaturated/α-hetero) is 1. The van der Waals surface area contributed by atoms with Crippen LogP contribution in [0.15, 0.2) is 24.4 Å². The number of ketones is 1. The summed E-state index contributed by atoms with van der Waals surface area (Å²) >= 11 is 0. The van der Waals surface area contributed by atoms with Crippen LogP contribution in [0.3, 0.4) is 0 Å². The zero-order valence-corrected chi connectivity index (χ0v) is 9.48. The van der Waals surface area contributed by atoms with Crippen LogP contribution in [0.4, 0.5) is 8.78 Å². The molecule has 0 bridgehead atoms. The first-order chi connectivity index (χ1) is 9.00. The van der Waals surface area contributed by atoms with Crippen molar-refractivity contribution in [2.24, 2.45) is 0 Å². The van der Waals surface area contributed by atoms with Gasteiger partial charge >= 0.3 is 5.97 Å². The third kappa shape index (κ3) is 2.49. The highest BCUT2D eigenvalue weighted by Crippen LogP contribution is 2.16. The lowest BCUT2D eigenvalue weighted by atomic mass is 10.0. The number of aromatic carboxylic acids is 1. The van der Waals surface area contributed by atoms with Gasteiger partial charge in [0.25, 0.3) is 0 Å². The van der Waals surface area contributed by atoms with Crippen LogP contribution in [-0.2, 0) is 6.42 Å². The number of aromatic amines is 1. The average Bonchev–Trinajstić information content (AvgIpc) is 2.76. The Hall–Kier alpha value is -2.57. The Labute approximate surface area is 105 Å². The van der Waals surface area contributed by atoms with Crippen LogP contribution in [0.5, 0.6) is 0 Å². The number of carbonyl (C=O) groups is 2. The monoisotopic (exact) mass is 266 g/mol. The lowest BCUT2D eigenvalue weighted by Gasteiger charge is -2.03. The minimum absolute atomic E-state index is 0.0696. The molecule has 0 aliphatic rings. The van der Waals surface area contributed by atoms with E-state index >= 15 is 0 Å². The molecule has 0 atom stereocenters. The predicted molar refractivity (Wildman–Crippen MR) is 59.9 cm³/mol. The Bertz CT molecular complexity index is 632. The highest BCUT2D eigenvalue weighted by molar-refractivity contribution is 5.99. The second-order valence-electron chi connectivity index (χ2n) is 3.77. The van der Waals surface area contributed by atoms with Crippen LogP contribution in [0.25, 0.3) is 0 Å². The van der Waals surface area contributed by atoms with Gasteiger partial charge in [0, 0.05) is 12.0 Å². The number of hydrogen-bond acceptors (Lipinski definition) is 3. The van der Waals surface area contributed by atoms with Gasteiger partial charge in [0.05, 0.1) is 11.8 Å². The Morgan fingerprint density at radius 3 is 2.47 bits per heavy atom. The van der Waals surface area contributed by atoms with Gasteiger partial charge in [-0.3, -0.25) is 9.89 Å². The van der Waals surface area contributed by atoms with Gasteiger partial charge in [-0.25, -0.2) is 13.6 Å². The molecule has 2 aromatic rings. The molecule has 2 N–H and O–H groups in total. The van der Waals surface area contributed by atoms with Crippen LogP contribution in [-0.4, -0.2) is 27.1 Å². The molecule has 0 spiro atoms. The summed E-state index contributed by atoms with van der Waals surface area (Å²) in [5.41, 5.74) is -0.884. The molecule has 98 valence electrons. The molecular weight excluding hydrogens is 258 g/mol. The minimum Gasteiger partial charge on any atom is -0.477 e. The number of halogens is 2. The van der Waals surface area contributed by atoms with Gasteiger partial charge in [-0.2, -0.15) is 5.10 Å². The minimum atomic E-state index is -1.30. The molecule has 0 fully saturated rings. The molecule has 0 saturated heterocycles. The summed E-state index contributed by atoms with van der Waals surface area (Å²) in [6.45, 7) is 0. The zero-order chi connectivity index (χ0) is 14.0. The number of aromatic nitrogens is 2. The van der Waals surface area contributed by atoms with E-state index in [4.69, 9.17) is 5.11 Å². The second-order valence-corrected chi connectivity index (χ2v) is 3.77. The third-order valence-electron chi connectivity index (χ3n) is 2.52. The number of hydrogen-bond donors (Lipinski definition) is 2. The molecule has 0 radical (unpaired) electrons. The maximum absolute atomic E-state index is 13.4. The van der Waals surface area contributed by atoms with Crippen LogP contribution in [0.2, 0.25) is 0 Å². The van der Waals surface area contributed by atoms with Crippen molar-refractivity contribution in [1.82, 2.24) is 10.2 Å². The number of nitrogens with one attached hydrogen (secondary N) is 1. The normalized spacial score (nSPS) is 10.4. The number of H-pyrrole nitrogens is 1. The Balaban J connectivity index is 2.31. The molecule has 2 rings (SSSR count). The third-order valence-corrected chi connectivity index (χ3v) is 2.52. The molecular formula is C12H8F2N2O3. The summed E-state index contributed by atoms with van der Waals surface area (Å²) < 4.78 is 26.8. The molecule has 0 saturated carbocycles. The first-order valence-corrected chi connectivity index (χ1v) is 5.23. The quantitative estimate of drug-likeness (QED) is 0.827. The van der Waals surface area contributed by atoms with E-state index in [2.05, 4.69) is 10.2 Å². The first kappa shape index (κ1) is 12.9. The number of rotatable bonds is 4. The summed E-state index contributed by atoms with van der Waals surface area (Å²) in [4.78, 5) is 22.6. The van der Waals surface area contributed by atoms with Gasteiger partial charge < -0.3 is 5.11 Å². The molecule has 0 aliphatic carbocycles. The zero-order valence-electron chi connectivity index (χ0n) is 9.48. The fraction of sp³-hybridized carbons (Fsp3) is 0.0833. The fourth-order valence-corrected chi connectivity index (χ4v) is 1.66. The van der Waals surface area contributed by atoms with Crippen LogP contribution in [0, 0.1) is 11.6 Å². The Morgan fingerprint density at radius 2 is 1.89 bits per heavy atom. The summed E-state index contributed by atoms with van der Waals surface area (Å²) in [6.07, 6.45) is 0.691. The topological polar surface area (TPSA) is 83.0 Å². The molecule has 19 heavy (non-hydrogen) atoms. The Kier molecular flexibility index (Phi) is 3.37. The van der Waals surface area contributed by atoms with E-state index in [-0.39, 0.29) is 11.3 Å². The van der Waals surface area contributed by atoms with Gasteiger partial charge in [0.15, 0.2) is 5.78 Å². The molecule has 0 unspecified atom stereocenters. The summed E-state index contributed by atoms with van der Waals surface area (Å²) in [6, 6.07) is 3.07. The van der Waals surface area contributed by atoms with Crippen molar-refractivity contribution < 1.29 is 23.5 Å². The molecule has 0 aliphatic heterocycles. The van der Waals surface area contributed by atoms with E-state index in [1.807, 2.05) is 0 Å². The number of carboxylic acid groups (broad SMARTS) is 1. The predicted octanol–water partition coefficient (Wildman–Crippen LogP) is 1.81. The number of carbonyl (C=O) groups excluding carboxylic acids is 1. The number of carboxylic acids is 1. The van der Waals surface area contributed by atoms with Crippen molar-refractivity contribution in [3.8, 4) is 0 Å². The molecule has 7 heteroatoms. The highest BCUT2D eigenvalue weighted by atomic mass is 19.1. The second kappa shape index (κ2) is 4.97. The molecule has 1 aromatic heterocycles. The maximum Gasteiger partial charge on any atom is 0.354 e. The molecule has 0 amide bonds. The van der Waals surface area contributed by atoms with Gasteiger partial charge in [0.2, 0.25) is 0 Å². The summed E-state index contributed by atoms with van der Waals surface area (Å²) in [5.74, 6) is -4.11. The standard InChI is InChI=1S/C12H8F2N2O3/c13-7-2-1-3-8(14)10(7)9(17)4-6-5-15-16-11(6)12(18)19/h1-3,5H,4H2,(H,15,16)(H,18,19). The lowest BCUT2D eigenvalue weighted by Crippen LogP contribution is -2.11. The lowest BCUT2D eigenvalue weighted by molar-refractivity contribution is 0.0689. The van der Waals surface area contributed by atoms with Gasteiger partial charge in [0.1, 0.15) is 17.3 Å². The smallest absolute Gasteiger partial charge is 0.354 e. The van der Waals surface area contributed by atoms with E-state index < -0.39 is 35.4 Å². The molecule has 5 nitrogen and oxygen atoms in total. The van der Waals surface area contributed by atoms with Gasteiger partial charge in [-0.1, -0.05) is 6.07 Å². The van der Waals surface area contributed by atoms with E-state index in [0.29, 0.717) is 0 Å². The van der Waals surface area contributed by atoms with Crippen molar-refractivity contribution in [1.29, 1.82) is 0 Å². The van der Waals surface area contributed by atoms with Crippen LogP contribution < -0.4 is 0 Å². The number of benzene rings is 1. The Morgan fingerprint density at radius 1 is 1.26 bits per heavy atom. The van der Waals surface area contributed by atoms with Crippen molar-refractivity contribution in [2.45, 2.75) is 6.42 Å². The maximum atomic E-state index is 13.4. The SMILES string of the molecule is O=C(O)c1[nH]ncc1CC(=O)c1c(F)cccc1F. The van der Waals surface area contributed by atoms with Gasteiger partial charge in [-0.15, -0.1) is 0 Å². The number of nitrogens with zero attached hydrogens (tertiary/aromatic N) is 1. The van der Waals surface area contributed by atoms with Crippen LogP contribution >= 0.6 is 0 Å². The van der Waals surface area contributed by atoms with Crippen molar-refractivity contribution in [3.63, 3.8) is 0 Å². The van der Waals surface area contributed by atoms with E-state index in [1.165, 1.54) is 0 Å². The van der Waals surface area contributed by atoms with Gasteiger partial charge in [-0.05, 0) is 12.1 Å². The van der Waals surface area contributed by atoms with Crippen molar-refractivity contribution >= 4 is 11.8 Å². The molecule has 1 heterocycles. The largest absolute Gasteiger partial charge is 0.477 e. The average molecular weight is 266 g/mol. The summed E-state index contributed by atoms with van der Waals surface area (Å²) in [5, 5.41) is 14.5. The van der Waals surface area contributed by atoms with E-state index in [1.54, 1.807) is 0 Å². The van der Waals surface area contributed by atoms with Crippen LogP contribution in [0.1, 0.15) is 26.4 Å². The molecule has 1 aromatic carbocycles. The van der Waals surface area contributed by atoms with E-state index in [0.717, 1.165) is 24.4 Å². The first-order valence-electron chi connectivity index (χ1n) is 5.23. The highest BCUT2D eigenvalue weighted by Gasteiger charge is 2.21.